The number of nitrogens with zero attached hydrogens (tertiary/aromatic N) is 1. The second-order valence-corrected chi connectivity index (χ2v) is 9.21. The Kier molecular flexibility index (Phi) is 10.8. The molecule has 0 aromatic heterocycles. The number of hydrogen-bond acceptors (Lipinski definition) is 8. The predicted molar refractivity (Wildman–Crippen MR) is 139 cm³/mol. The molecule has 2 N–H and O–H groups in total. The van der Waals surface area contributed by atoms with E-state index in [2.05, 4.69) is 15.5 Å². The molecule has 1 aromatic carbocycles. The van der Waals surface area contributed by atoms with Crippen molar-refractivity contribution in [2.45, 2.75) is 53.1 Å². The lowest BCUT2D eigenvalue weighted by atomic mass is 9.93. The average Bonchev–Trinajstić information content (AvgIpc) is 3.28. The van der Waals surface area contributed by atoms with E-state index in [4.69, 9.17) is 18.9 Å². The number of methoxy groups -OCH3 is 1. The van der Waals surface area contributed by atoms with Crippen LogP contribution in [0.3, 0.4) is 0 Å². The highest BCUT2D eigenvalue weighted by molar-refractivity contribution is 6.05. The Balaban J connectivity index is 1.62. The summed E-state index contributed by atoms with van der Waals surface area (Å²) in [6.45, 7) is 10.9. The molecule has 1 fully saturated rings. The molecule has 1 saturated heterocycles. The fourth-order valence-electron chi connectivity index (χ4n) is 4.56. The third-order valence-corrected chi connectivity index (χ3v) is 6.62. The van der Waals surface area contributed by atoms with Gasteiger partial charge in [-0.1, -0.05) is 11.6 Å². The number of cyclic esters (lactones) is 1. The summed E-state index contributed by atoms with van der Waals surface area (Å²) in [6.07, 6.45) is 4.04. The number of hydrogen-bond donors (Lipinski definition) is 2. The quantitative estimate of drug-likeness (QED) is 0.246. The maximum atomic E-state index is 12.5. The Morgan fingerprint density at radius 2 is 1.95 bits per heavy atom. The number of nitrogens with one attached hydrogen (secondary N) is 2. The van der Waals surface area contributed by atoms with E-state index in [1.165, 1.54) is 0 Å². The van der Waals surface area contributed by atoms with Gasteiger partial charge >= 0.3 is 18.0 Å². The lowest BCUT2D eigenvalue weighted by Gasteiger charge is -2.26. The van der Waals surface area contributed by atoms with Crippen molar-refractivity contribution < 1.29 is 33.3 Å². The fourth-order valence-corrected chi connectivity index (χ4v) is 4.56. The van der Waals surface area contributed by atoms with Crippen LogP contribution in [0.1, 0.15) is 60.2 Å². The number of anilines is 1. The van der Waals surface area contributed by atoms with Gasteiger partial charge in [-0.15, -0.1) is 0 Å². The summed E-state index contributed by atoms with van der Waals surface area (Å²) in [5.74, 6) is -0.0829. The highest BCUT2D eigenvalue weighted by atomic mass is 16.5. The molecule has 3 rings (SSSR count). The van der Waals surface area contributed by atoms with Gasteiger partial charge < -0.3 is 29.6 Å². The largest absolute Gasteiger partial charge is 0.496 e. The number of esters is 2. The standard InChI is InChI=1S/C27H39N3O7/c1-5-28-27(33)29-24-20(25(34-4)19(3)21-17-37-26(32)23(21)24)9-7-18(2)8-10-22(31)36-14-6-11-30-12-15-35-16-13-30/h7H,5-6,8-17H2,1-4H3,(H2,28,29,33). The molecule has 37 heavy (non-hydrogen) atoms. The van der Waals surface area contributed by atoms with E-state index in [1.807, 2.05) is 26.8 Å². The van der Waals surface area contributed by atoms with E-state index in [1.54, 1.807) is 7.11 Å². The zero-order valence-corrected chi connectivity index (χ0v) is 22.4. The van der Waals surface area contributed by atoms with E-state index < -0.39 is 12.0 Å². The average molecular weight is 518 g/mol. The molecular weight excluding hydrogens is 478 g/mol. The van der Waals surface area contributed by atoms with Gasteiger partial charge in [0, 0.05) is 43.7 Å². The minimum Gasteiger partial charge on any atom is -0.496 e. The van der Waals surface area contributed by atoms with Crippen LogP contribution in [-0.2, 0) is 32.0 Å². The van der Waals surface area contributed by atoms with Crippen molar-refractivity contribution in [2.75, 3.05) is 58.4 Å². The molecule has 0 spiro atoms. The van der Waals surface area contributed by atoms with Crippen molar-refractivity contribution in [1.29, 1.82) is 0 Å². The number of allylic oxidation sites excluding steroid dienone is 2. The third-order valence-electron chi connectivity index (χ3n) is 6.62. The lowest BCUT2D eigenvalue weighted by Crippen LogP contribution is -2.37. The molecule has 2 aliphatic rings. The van der Waals surface area contributed by atoms with Crippen LogP contribution in [0, 0.1) is 6.92 Å². The molecule has 2 amide bonds. The molecule has 2 heterocycles. The van der Waals surface area contributed by atoms with Crippen LogP contribution >= 0.6 is 0 Å². The van der Waals surface area contributed by atoms with Crippen LogP contribution < -0.4 is 15.4 Å². The van der Waals surface area contributed by atoms with Gasteiger partial charge in [-0.2, -0.15) is 0 Å². The molecule has 10 nitrogen and oxygen atoms in total. The second kappa shape index (κ2) is 14.0. The number of carbonyl (C=O) groups excluding carboxylic acids is 3. The third kappa shape index (κ3) is 7.69. The molecular formula is C27H39N3O7. The first-order valence-electron chi connectivity index (χ1n) is 12.9. The van der Waals surface area contributed by atoms with E-state index in [-0.39, 0.29) is 19.0 Å². The van der Waals surface area contributed by atoms with Gasteiger partial charge in [0.25, 0.3) is 0 Å². The van der Waals surface area contributed by atoms with Crippen LogP contribution in [0.15, 0.2) is 11.6 Å². The number of amides is 2. The van der Waals surface area contributed by atoms with E-state index in [0.29, 0.717) is 48.6 Å². The van der Waals surface area contributed by atoms with Gasteiger partial charge in [-0.05, 0) is 45.6 Å². The van der Waals surface area contributed by atoms with Gasteiger partial charge in [0.1, 0.15) is 12.4 Å². The zero-order chi connectivity index (χ0) is 26.8. The van der Waals surface area contributed by atoms with Crippen LogP contribution in [0.25, 0.3) is 0 Å². The SMILES string of the molecule is CCNC(=O)Nc1c(CC=C(C)CCC(=O)OCCCN2CCOCC2)c(OC)c(C)c2c1C(=O)OC2. The minimum absolute atomic E-state index is 0.143. The Hall–Kier alpha value is -3.11. The molecule has 0 unspecified atom stereocenters. The number of carbonyl (C=O) groups is 3. The maximum Gasteiger partial charge on any atom is 0.341 e. The molecule has 0 bridgehead atoms. The van der Waals surface area contributed by atoms with Crippen molar-refractivity contribution in [1.82, 2.24) is 10.2 Å². The monoisotopic (exact) mass is 517 g/mol. The first-order valence-corrected chi connectivity index (χ1v) is 12.9. The molecule has 10 heteroatoms. The van der Waals surface area contributed by atoms with E-state index in [0.717, 1.165) is 56.0 Å². The molecule has 1 aromatic rings. The first kappa shape index (κ1) is 28.5. The number of ether oxygens (including phenoxy) is 4. The van der Waals surface area contributed by atoms with Crippen molar-refractivity contribution in [3.63, 3.8) is 0 Å². The second-order valence-electron chi connectivity index (χ2n) is 9.21. The summed E-state index contributed by atoms with van der Waals surface area (Å²) in [5, 5.41) is 5.52. The summed E-state index contributed by atoms with van der Waals surface area (Å²) >= 11 is 0. The number of benzene rings is 1. The smallest absolute Gasteiger partial charge is 0.341 e. The van der Waals surface area contributed by atoms with Gasteiger partial charge in [0.15, 0.2) is 0 Å². The highest BCUT2D eigenvalue weighted by Crippen LogP contribution is 2.41. The number of morpholine rings is 1. The lowest BCUT2D eigenvalue weighted by molar-refractivity contribution is -0.143. The number of fused-ring (bicyclic) bond motifs is 1. The molecule has 0 atom stereocenters. The molecule has 204 valence electrons. The Morgan fingerprint density at radius 1 is 1.19 bits per heavy atom. The summed E-state index contributed by atoms with van der Waals surface area (Å²) in [7, 11) is 1.57. The summed E-state index contributed by atoms with van der Waals surface area (Å²) in [6, 6.07) is -0.409. The maximum absolute atomic E-state index is 12.5. The van der Waals surface area contributed by atoms with Crippen molar-refractivity contribution in [2.24, 2.45) is 0 Å². The predicted octanol–water partition coefficient (Wildman–Crippen LogP) is 3.35. The Labute approximate surface area is 218 Å². The minimum atomic E-state index is -0.467. The van der Waals surface area contributed by atoms with Crippen molar-refractivity contribution in [3.8, 4) is 5.75 Å². The van der Waals surface area contributed by atoms with Gasteiger partial charge in [0.05, 0.1) is 38.2 Å². The van der Waals surface area contributed by atoms with Crippen molar-refractivity contribution >= 4 is 23.7 Å². The van der Waals surface area contributed by atoms with Crippen LogP contribution in [0.4, 0.5) is 10.5 Å². The van der Waals surface area contributed by atoms with Gasteiger partial charge in [0.2, 0.25) is 0 Å². The van der Waals surface area contributed by atoms with Crippen molar-refractivity contribution in [3.05, 3.63) is 33.9 Å². The molecule has 0 radical (unpaired) electrons. The van der Waals surface area contributed by atoms with E-state index in [9.17, 15) is 14.4 Å². The summed E-state index contributed by atoms with van der Waals surface area (Å²) in [5.41, 5.74) is 3.98. The molecule has 0 saturated carbocycles. The summed E-state index contributed by atoms with van der Waals surface area (Å²) < 4.78 is 21.7. The normalized spacial score (nSPS) is 15.7. The Bertz CT molecular complexity index is 1020. The summed E-state index contributed by atoms with van der Waals surface area (Å²) in [4.78, 5) is 39.4. The molecule has 0 aliphatic carbocycles. The number of rotatable bonds is 12. The highest BCUT2D eigenvalue weighted by Gasteiger charge is 2.32. The first-order chi connectivity index (χ1) is 17.8. The Morgan fingerprint density at radius 3 is 2.65 bits per heavy atom. The fraction of sp³-hybridized carbons (Fsp3) is 0.593. The van der Waals surface area contributed by atoms with Crippen LogP contribution in [0.2, 0.25) is 0 Å². The van der Waals surface area contributed by atoms with Crippen LogP contribution in [0.5, 0.6) is 5.75 Å². The van der Waals surface area contributed by atoms with Crippen LogP contribution in [-0.4, -0.2) is 76.0 Å². The zero-order valence-electron chi connectivity index (χ0n) is 22.4. The van der Waals surface area contributed by atoms with Gasteiger partial charge in [-0.25, -0.2) is 9.59 Å². The number of urea groups is 1. The molecule has 2 aliphatic heterocycles. The van der Waals surface area contributed by atoms with E-state index >= 15 is 0 Å². The topological polar surface area (TPSA) is 115 Å². The van der Waals surface area contributed by atoms with Gasteiger partial charge in [-0.3, -0.25) is 9.69 Å².